The van der Waals surface area contributed by atoms with Gasteiger partial charge in [0.1, 0.15) is 11.2 Å². The molecule has 4 heterocycles. The summed E-state index contributed by atoms with van der Waals surface area (Å²) in [6, 6.07) is 45.3. The van der Waals surface area contributed by atoms with Crippen LogP contribution < -0.4 is 15.7 Å². The van der Waals surface area contributed by atoms with E-state index in [9.17, 15) is 0 Å². The van der Waals surface area contributed by atoms with Crippen LogP contribution >= 0.6 is 0 Å². The van der Waals surface area contributed by atoms with E-state index in [1.807, 2.05) is 0 Å². The number of benzene rings is 7. The topological polar surface area (TPSA) is 21.3 Å². The first-order valence-electron chi connectivity index (χ1n) is 23.9. The smallest absolute Gasteiger partial charge is 0.333 e. The zero-order valence-electron chi connectivity index (χ0n) is 40.8. The molecule has 1 aliphatic carbocycles. The predicted molar refractivity (Wildman–Crippen MR) is 279 cm³/mol. The lowest BCUT2D eigenvalue weighted by molar-refractivity contribution is 0.584. The maximum Gasteiger partial charge on any atom is 0.333 e. The fourth-order valence-corrected chi connectivity index (χ4v) is 11.8. The molecule has 324 valence electrons. The minimum Gasteiger partial charge on any atom is -0.455 e. The Balaban J connectivity index is 1.31. The summed E-state index contributed by atoms with van der Waals surface area (Å²) in [7, 11) is 0. The van der Waals surface area contributed by atoms with Crippen LogP contribution in [0.15, 0.2) is 120 Å². The molecule has 2 aromatic heterocycles. The third-order valence-electron chi connectivity index (χ3n) is 15.6. The average molecular weight is 849 g/mol. The van der Waals surface area contributed by atoms with Gasteiger partial charge < -0.3 is 13.8 Å². The van der Waals surface area contributed by atoms with Crippen LogP contribution in [0, 0.1) is 0 Å². The van der Waals surface area contributed by atoms with Crippen molar-refractivity contribution >= 4 is 72.9 Å². The Morgan fingerprint density at radius 2 is 1.11 bits per heavy atom. The Kier molecular flexibility index (Phi) is 7.89. The molecule has 12 rings (SSSR count). The molecule has 7 aromatic carbocycles. The van der Waals surface area contributed by atoms with Crippen LogP contribution in [0.4, 0.5) is 11.4 Å². The van der Waals surface area contributed by atoms with Crippen LogP contribution in [0.1, 0.15) is 130 Å². The quantitative estimate of drug-likeness (QED) is 0.154. The van der Waals surface area contributed by atoms with Gasteiger partial charge in [-0.1, -0.05) is 164 Å². The number of hydrogen-bond donors (Lipinski definition) is 0. The minimum absolute atomic E-state index is 0.0273. The van der Waals surface area contributed by atoms with Crippen molar-refractivity contribution in [3.05, 3.63) is 149 Å². The van der Waals surface area contributed by atoms with E-state index in [1.165, 1.54) is 116 Å². The van der Waals surface area contributed by atoms with Gasteiger partial charge >= 0.3 is 6.85 Å². The van der Waals surface area contributed by atoms with Crippen LogP contribution in [0.2, 0.25) is 0 Å². The number of hydrogen-bond acceptors (Lipinski definition) is 2. The molecule has 9 aromatic rings. The molecule has 3 aliphatic rings. The lowest BCUT2D eigenvalue weighted by Crippen LogP contribution is -2.60. The molecule has 0 fully saturated rings. The fraction of sp³-hybridized carbons (Fsp3) is 0.311. The average Bonchev–Trinajstić information content (AvgIpc) is 3.86. The van der Waals surface area contributed by atoms with Crippen LogP contribution in [0.25, 0.3) is 71.7 Å². The number of furan rings is 1. The minimum atomic E-state index is -0.203. The van der Waals surface area contributed by atoms with Gasteiger partial charge in [-0.2, -0.15) is 0 Å². The second-order valence-electron chi connectivity index (χ2n) is 24.3. The Bertz CT molecular complexity index is 3550. The normalized spacial score (nSPS) is 15.3. The van der Waals surface area contributed by atoms with Gasteiger partial charge in [-0.3, -0.25) is 0 Å². The number of anilines is 2. The highest BCUT2D eigenvalue weighted by Crippen LogP contribution is 2.57. The molecule has 3 nitrogen and oxygen atoms in total. The van der Waals surface area contributed by atoms with Gasteiger partial charge in [-0.05, 0) is 131 Å². The van der Waals surface area contributed by atoms with Gasteiger partial charge in [0.15, 0.2) is 0 Å². The molecule has 0 atom stereocenters. The van der Waals surface area contributed by atoms with Gasteiger partial charge in [0.05, 0.1) is 16.4 Å². The van der Waals surface area contributed by atoms with Gasteiger partial charge in [0, 0.05) is 44.2 Å². The molecule has 0 saturated carbocycles. The summed E-state index contributed by atoms with van der Waals surface area (Å²) in [5.41, 5.74) is 24.0. The van der Waals surface area contributed by atoms with Gasteiger partial charge in [0.2, 0.25) is 0 Å². The summed E-state index contributed by atoms with van der Waals surface area (Å²) in [4.78, 5) is 2.73. The summed E-state index contributed by atoms with van der Waals surface area (Å²) in [6.07, 6.45) is 0. The van der Waals surface area contributed by atoms with Gasteiger partial charge in [-0.25, -0.2) is 0 Å². The Morgan fingerprint density at radius 3 is 1.80 bits per heavy atom. The lowest BCUT2D eigenvalue weighted by Gasteiger charge is -2.43. The van der Waals surface area contributed by atoms with Crippen LogP contribution in [0.3, 0.4) is 0 Å². The van der Waals surface area contributed by atoms with E-state index in [4.69, 9.17) is 4.42 Å². The zero-order valence-corrected chi connectivity index (χ0v) is 40.8. The summed E-state index contributed by atoms with van der Waals surface area (Å²) < 4.78 is 9.87. The van der Waals surface area contributed by atoms with E-state index >= 15 is 0 Å². The summed E-state index contributed by atoms with van der Waals surface area (Å²) in [6.45, 7) is 32.7. The standard InChI is InChI=1S/C61H61BN2O/c1-57(2,3)34-19-24-38(25-20-34)64-49-33-45-41(39-26-21-36(59(7,8)9)30-44(39)61(45,13)14)32-43(49)51-52-40-17-15-16-18-50(40)65-56(52)53-42-29-35(58(4,5)6)22-27-47(42)63-48-28-23-37(60(10,11)12)31-46(48)62(64)54(51)55(53)63/h15-33H,1-14H3. The van der Waals surface area contributed by atoms with Crippen LogP contribution in [-0.4, -0.2) is 11.4 Å². The second kappa shape index (κ2) is 12.7. The molecule has 0 bridgehead atoms. The van der Waals surface area contributed by atoms with E-state index in [0.717, 1.165) is 11.2 Å². The molecule has 2 aliphatic heterocycles. The van der Waals surface area contributed by atoms with Crippen molar-refractivity contribution in [1.82, 2.24) is 4.57 Å². The monoisotopic (exact) mass is 848 g/mol. The number of nitrogens with zero attached hydrogens (tertiary/aromatic N) is 2. The summed E-state index contributed by atoms with van der Waals surface area (Å²) in [5.74, 6) is 0. The highest BCUT2D eigenvalue weighted by atomic mass is 16.3. The van der Waals surface area contributed by atoms with Crippen LogP contribution in [-0.2, 0) is 27.1 Å². The Labute approximate surface area is 385 Å². The van der Waals surface area contributed by atoms with Crippen molar-refractivity contribution in [2.75, 3.05) is 4.81 Å². The first kappa shape index (κ1) is 40.5. The first-order chi connectivity index (χ1) is 30.5. The highest BCUT2D eigenvalue weighted by Gasteiger charge is 2.48. The summed E-state index contributed by atoms with van der Waals surface area (Å²) >= 11 is 0. The first-order valence-corrected chi connectivity index (χ1v) is 23.9. The van der Waals surface area contributed by atoms with E-state index in [0.29, 0.717) is 0 Å². The molecular weight excluding hydrogens is 787 g/mol. The van der Waals surface area contributed by atoms with Crippen molar-refractivity contribution in [1.29, 1.82) is 0 Å². The SMILES string of the molecule is CC(C)(C)c1ccc(N2B3c4cc(C(C)(C)C)ccc4-n4c5ccc(C(C)(C)C)cc5c5c6oc7ccccc7c6c(c3c54)-c3cc4c(cc32)C(C)(C)c2cc(C(C)(C)C)ccc2-4)cc1. The predicted octanol–water partition coefficient (Wildman–Crippen LogP) is 15.4. The van der Waals surface area contributed by atoms with Crippen LogP contribution in [0.5, 0.6) is 0 Å². The lowest BCUT2D eigenvalue weighted by atomic mass is 9.43. The maximum atomic E-state index is 7.26. The molecule has 0 amide bonds. The number of rotatable bonds is 1. The molecule has 0 saturated heterocycles. The third kappa shape index (κ3) is 5.49. The molecule has 0 radical (unpaired) electrons. The summed E-state index contributed by atoms with van der Waals surface area (Å²) in [5, 5.41) is 4.84. The Morgan fingerprint density at radius 1 is 0.508 bits per heavy atom. The van der Waals surface area contributed by atoms with Crippen molar-refractivity contribution in [2.24, 2.45) is 0 Å². The maximum absolute atomic E-state index is 7.26. The van der Waals surface area contributed by atoms with E-state index in [2.05, 4.69) is 222 Å². The number of para-hydroxylation sites is 1. The molecule has 0 spiro atoms. The fourth-order valence-electron chi connectivity index (χ4n) is 11.8. The zero-order chi connectivity index (χ0) is 45.7. The van der Waals surface area contributed by atoms with Crippen molar-refractivity contribution in [2.45, 2.75) is 124 Å². The molecule has 4 heteroatoms. The Hall–Kier alpha value is -6.00. The largest absolute Gasteiger partial charge is 0.455 e. The van der Waals surface area contributed by atoms with E-state index < -0.39 is 0 Å². The van der Waals surface area contributed by atoms with E-state index in [1.54, 1.807) is 0 Å². The third-order valence-corrected chi connectivity index (χ3v) is 15.6. The molecular formula is C61H61BN2O. The van der Waals surface area contributed by atoms with Gasteiger partial charge in [-0.15, -0.1) is 0 Å². The van der Waals surface area contributed by atoms with E-state index in [-0.39, 0.29) is 33.9 Å². The highest BCUT2D eigenvalue weighted by molar-refractivity contribution is 6.94. The molecule has 0 N–H and O–H groups in total. The molecule has 0 unspecified atom stereocenters. The van der Waals surface area contributed by atoms with Gasteiger partial charge in [0.25, 0.3) is 0 Å². The number of aromatic nitrogens is 1. The van der Waals surface area contributed by atoms with Crippen molar-refractivity contribution in [3.8, 4) is 27.9 Å². The van der Waals surface area contributed by atoms with Crippen molar-refractivity contribution in [3.63, 3.8) is 0 Å². The van der Waals surface area contributed by atoms with Crippen molar-refractivity contribution < 1.29 is 4.42 Å². The second-order valence-corrected chi connectivity index (χ2v) is 24.3. The number of fused-ring (bicyclic) bond motifs is 16. The molecule has 65 heavy (non-hydrogen) atoms.